The van der Waals surface area contributed by atoms with E-state index in [4.69, 9.17) is 4.74 Å². The Morgan fingerprint density at radius 3 is 2.95 bits per heavy atom. The van der Waals surface area contributed by atoms with Crippen LogP contribution >= 0.6 is 0 Å². The van der Waals surface area contributed by atoms with Crippen LogP contribution in [0.15, 0.2) is 24.5 Å². The number of ether oxygens (including phenoxy) is 1. The van der Waals surface area contributed by atoms with Crippen LogP contribution in [-0.4, -0.2) is 48.6 Å². The van der Waals surface area contributed by atoms with E-state index in [0.29, 0.717) is 13.0 Å². The Hall–Kier alpha value is -1.46. The molecule has 1 aromatic heterocycles. The molecule has 0 saturated carbocycles. The van der Waals surface area contributed by atoms with Crippen molar-refractivity contribution in [1.29, 1.82) is 0 Å². The van der Waals surface area contributed by atoms with Crippen molar-refractivity contribution in [3.05, 3.63) is 30.1 Å². The first kappa shape index (κ1) is 14.0. The maximum absolute atomic E-state index is 12.2. The van der Waals surface area contributed by atoms with Crippen molar-refractivity contribution in [2.24, 2.45) is 0 Å². The summed E-state index contributed by atoms with van der Waals surface area (Å²) >= 11 is 0. The van der Waals surface area contributed by atoms with Gasteiger partial charge < -0.3 is 15.0 Å². The van der Waals surface area contributed by atoms with Crippen LogP contribution in [0.1, 0.15) is 24.9 Å². The summed E-state index contributed by atoms with van der Waals surface area (Å²) in [7, 11) is 1.84. The Morgan fingerprint density at radius 2 is 2.32 bits per heavy atom. The normalized spacial score (nSPS) is 20.8. The molecule has 1 aliphatic rings. The Kier molecular flexibility index (Phi) is 4.87. The number of hydrogen-bond acceptors (Lipinski definition) is 4. The van der Waals surface area contributed by atoms with E-state index in [1.807, 2.05) is 26.1 Å². The largest absolute Gasteiger partial charge is 0.375 e. The second-order valence-corrected chi connectivity index (χ2v) is 4.86. The molecule has 1 amide bonds. The Morgan fingerprint density at radius 1 is 1.58 bits per heavy atom. The van der Waals surface area contributed by atoms with Gasteiger partial charge in [-0.05, 0) is 24.6 Å². The topological polar surface area (TPSA) is 54.5 Å². The minimum absolute atomic E-state index is 0.00617. The molecule has 1 aliphatic heterocycles. The van der Waals surface area contributed by atoms with Gasteiger partial charge in [-0.1, -0.05) is 0 Å². The van der Waals surface area contributed by atoms with Crippen LogP contribution < -0.4 is 5.32 Å². The van der Waals surface area contributed by atoms with Gasteiger partial charge in [-0.15, -0.1) is 0 Å². The molecule has 19 heavy (non-hydrogen) atoms. The molecular weight excluding hydrogens is 242 g/mol. The zero-order valence-corrected chi connectivity index (χ0v) is 11.5. The van der Waals surface area contributed by atoms with Crippen molar-refractivity contribution in [2.75, 3.05) is 26.7 Å². The van der Waals surface area contributed by atoms with Crippen molar-refractivity contribution >= 4 is 5.91 Å². The molecule has 2 atom stereocenters. The summed E-state index contributed by atoms with van der Waals surface area (Å²) in [5.41, 5.74) is 1.09. The highest BCUT2D eigenvalue weighted by Crippen LogP contribution is 2.19. The molecule has 0 aliphatic carbocycles. The Balaban J connectivity index is 1.91. The lowest BCUT2D eigenvalue weighted by Crippen LogP contribution is -2.42. The molecule has 1 fully saturated rings. The number of rotatable bonds is 4. The number of carbonyl (C=O) groups is 1. The average molecular weight is 263 g/mol. The molecule has 0 spiro atoms. The monoisotopic (exact) mass is 263 g/mol. The standard InChI is InChI=1S/C14H21N3O2/c1-11(12-3-5-15-6-4-12)17(2)14(18)9-13-10-16-7-8-19-13/h3-6,11,13,16H,7-10H2,1-2H3. The molecule has 2 heterocycles. The van der Waals surface area contributed by atoms with Crippen LogP contribution in [0.5, 0.6) is 0 Å². The molecule has 2 unspecified atom stereocenters. The predicted molar refractivity (Wildman–Crippen MR) is 72.6 cm³/mol. The van der Waals surface area contributed by atoms with Crippen molar-refractivity contribution < 1.29 is 9.53 Å². The summed E-state index contributed by atoms with van der Waals surface area (Å²) in [6, 6.07) is 3.92. The second-order valence-electron chi connectivity index (χ2n) is 4.86. The van der Waals surface area contributed by atoms with Gasteiger partial charge in [0.2, 0.25) is 5.91 Å². The van der Waals surface area contributed by atoms with Gasteiger partial charge >= 0.3 is 0 Å². The number of morpholine rings is 1. The zero-order valence-electron chi connectivity index (χ0n) is 11.5. The minimum Gasteiger partial charge on any atom is -0.375 e. The number of nitrogens with one attached hydrogen (secondary N) is 1. The molecule has 1 N–H and O–H groups in total. The summed E-state index contributed by atoms with van der Waals surface area (Å²) < 4.78 is 5.56. The minimum atomic E-state index is -0.00617. The molecule has 2 rings (SSSR count). The van der Waals surface area contributed by atoms with Crippen molar-refractivity contribution in [3.63, 3.8) is 0 Å². The van der Waals surface area contributed by atoms with E-state index in [-0.39, 0.29) is 18.1 Å². The van der Waals surface area contributed by atoms with Crippen molar-refractivity contribution in [1.82, 2.24) is 15.2 Å². The highest BCUT2D eigenvalue weighted by molar-refractivity contribution is 5.77. The molecular formula is C14H21N3O2. The van der Waals surface area contributed by atoms with Gasteiger partial charge in [-0.2, -0.15) is 0 Å². The molecule has 5 heteroatoms. The quantitative estimate of drug-likeness (QED) is 0.880. The SMILES string of the molecule is CC(c1ccncc1)N(C)C(=O)CC1CNCCO1. The van der Waals surface area contributed by atoms with E-state index in [1.165, 1.54) is 0 Å². The Labute approximate surface area is 114 Å². The zero-order chi connectivity index (χ0) is 13.7. The third kappa shape index (κ3) is 3.75. The lowest BCUT2D eigenvalue weighted by molar-refractivity contribution is -0.135. The molecule has 0 aromatic carbocycles. The van der Waals surface area contributed by atoms with Crippen LogP contribution in [0, 0.1) is 0 Å². The summed E-state index contributed by atoms with van der Waals surface area (Å²) in [6.07, 6.45) is 3.92. The first-order valence-corrected chi connectivity index (χ1v) is 6.66. The second kappa shape index (κ2) is 6.63. The van der Waals surface area contributed by atoms with E-state index >= 15 is 0 Å². The maximum Gasteiger partial charge on any atom is 0.225 e. The van der Waals surface area contributed by atoms with Crippen LogP contribution in [-0.2, 0) is 9.53 Å². The average Bonchev–Trinajstić information content (AvgIpc) is 2.47. The summed E-state index contributed by atoms with van der Waals surface area (Å²) in [5, 5.41) is 3.24. The van der Waals surface area contributed by atoms with Crippen molar-refractivity contribution in [2.45, 2.75) is 25.5 Å². The van der Waals surface area contributed by atoms with Crippen LogP contribution in [0.3, 0.4) is 0 Å². The summed E-state index contributed by atoms with van der Waals surface area (Å²) in [6.45, 7) is 4.33. The van der Waals surface area contributed by atoms with Gasteiger partial charge in [0, 0.05) is 32.5 Å². The highest BCUT2D eigenvalue weighted by atomic mass is 16.5. The summed E-state index contributed by atoms with van der Waals surface area (Å²) in [4.78, 5) is 18.0. The first-order chi connectivity index (χ1) is 9.18. The number of nitrogens with zero attached hydrogens (tertiary/aromatic N) is 2. The molecule has 0 radical (unpaired) electrons. The Bertz CT molecular complexity index is 404. The van der Waals surface area contributed by atoms with E-state index in [2.05, 4.69) is 10.3 Å². The third-order valence-corrected chi connectivity index (χ3v) is 3.57. The lowest BCUT2D eigenvalue weighted by Gasteiger charge is -2.29. The van der Waals surface area contributed by atoms with Gasteiger partial charge in [-0.25, -0.2) is 0 Å². The smallest absolute Gasteiger partial charge is 0.225 e. The van der Waals surface area contributed by atoms with E-state index < -0.39 is 0 Å². The van der Waals surface area contributed by atoms with Gasteiger partial charge in [0.25, 0.3) is 0 Å². The third-order valence-electron chi connectivity index (χ3n) is 3.57. The molecule has 104 valence electrons. The van der Waals surface area contributed by atoms with Crippen molar-refractivity contribution in [3.8, 4) is 0 Å². The fraction of sp³-hybridized carbons (Fsp3) is 0.571. The van der Waals surface area contributed by atoms with Crippen LogP contribution in [0.4, 0.5) is 0 Å². The fourth-order valence-electron chi connectivity index (χ4n) is 2.17. The van der Waals surface area contributed by atoms with Gasteiger partial charge in [0.15, 0.2) is 0 Å². The number of aromatic nitrogens is 1. The number of pyridine rings is 1. The highest BCUT2D eigenvalue weighted by Gasteiger charge is 2.22. The van der Waals surface area contributed by atoms with Gasteiger partial charge in [0.1, 0.15) is 0 Å². The van der Waals surface area contributed by atoms with E-state index in [1.54, 1.807) is 17.3 Å². The molecule has 1 aromatic rings. The van der Waals surface area contributed by atoms with Crippen LogP contribution in [0.2, 0.25) is 0 Å². The number of carbonyl (C=O) groups excluding carboxylic acids is 1. The van der Waals surface area contributed by atoms with Gasteiger partial charge in [0.05, 0.1) is 25.2 Å². The van der Waals surface area contributed by atoms with E-state index in [9.17, 15) is 4.79 Å². The first-order valence-electron chi connectivity index (χ1n) is 6.66. The molecule has 1 saturated heterocycles. The number of amides is 1. The molecule has 0 bridgehead atoms. The maximum atomic E-state index is 12.2. The predicted octanol–water partition coefficient (Wildman–Crippen LogP) is 0.979. The van der Waals surface area contributed by atoms with Gasteiger partial charge in [-0.3, -0.25) is 9.78 Å². The van der Waals surface area contributed by atoms with Crippen LogP contribution in [0.25, 0.3) is 0 Å². The van der Waals surface area contributed by atoms with E-state index in [0.717, 1.165) is 18.7 Å². The summed E-state index contributed by atoms with van der Waals surface area (Å²) in [5.74, 6) is 0.109. The fourth-order valence-corrected chi connectivity index (χ4v) is 2.17. The number of hydrogen-bond donors (Lipinski definition) is 1. The lowest BCUT2D eigenvalue weighted by atomic mass is 10.1. The molecule has 5 nitrogen and oxygen atoms in total.